The van der Waals surface area contributed by atoms with Crippen molar-refractivity contribution in [2.45, 2.75) is 51.0 Å². The van der Waals surface area contributed by atoms with Crippen LogP contribution in [0.25, 0.3) is 10.2 Å². The molecule has 0 spiro atoms. The number of nitrogens with two attached hydrogens (primary N) is 1. The number of anilines is 1. The molecule has 2 fully saturated rings. The number of rotatable bonds is 5. The number of piperidine rings is 1. The van der Waals surface area contributed by atoms with Crippen LogP contribution in [0.1, 0.15) is 44.9 Å². The first-order valence-corrected chi connectivity index (χ1v) is 11.1. The van der Waals surface area contributed by atoms with Crippen molar-refractivity contribution >= 4 is 33.3 Å². The molecule has 2 aromatic heterocycles. The van der Waals surface area contributed by atoms with Gasteiger partial charge in [0, 0.05) is 25.7 Å². The van der Waals surface area contributed by atoms with Gasteiger partial charge in [-0.3, -0.25) is 4.79 Å². The zero-order valence-electron chi connectivity index (χ0n) is 15.8. The zero-order valence-corrected chi connectivity index (χ0v) is 16.6. The van der Waals surface area contributed by atoms with E-state index in [1.54, 1.807) is 17.7 Å². The number of hydrogen-bond acceptors (Lipinski definition) is 6. The fourth-order valence-electron chi connectivity index (χ4n) is 4.62. The van der Waals surface area contributed by atoms with Crippen LogP contribution in [0, 0.1) is 11.8 Å². The van der Waals surface area contributed by atoms with Crippen molar-refractivity contribution in [2.24, 2.45) is 17.6 Å². The van der Waals surface area contributed by atoms with Gasteiger partial charge in [-0.25, -0.2) is 9.97 Å². The summed E-state index contributed by atoms with van der Waals surface area (Å²) in [7, 11) is 0. The minimum absolute atomic E-state index is 0.0000385. The average Bonchev–Trinajstić information content (AvgIpc) is 3.21. The van der Waals surface area contributed by atoms with Crippen LogP contribution in [0.2, 0.25) is 0 Å². The topological polar surface area (TPSA) is 84.1 Å². The van der Waals surface area contributed by atoms with Gasteiger partial charge in [-0.2, -0.15) is 0 Å². The lowest BCUT2D eigenvalue weighted by atomic mass is 9.83. The Morgan fingerprint density at radius 2 is 2.11 bits per heavy atom. The van der Waals surface area contributed by atoms with E-state index in [0.717, 1.165) is 42.0 Å². The van der Waals surface area contributed by atoms with Crippen LogP contribution >= 0.6 is 11.3 Å². The highest BCUT2D eigenvalue weighted by atomic mass is 32.1. The standard InChI is InChI=1S/C20H29N5OS/c21-11-17(14-5-2-1-3-6-14)24-19(26)15-7-4-9-25(12-15)18-16-8-10-27-20(16)23-13-22-18/h8,10,13-15,17H,1-7,9,11-12,21H2,(H,24,26). The summed E-state index contributed by atoms with van der Waals surface area (Å²) in [5, 5.41) is 6.43. The highest BCUT2D eigenvalue weighted by Gasteiger charge is 2.31. The molecule has 0 bridgehead atoms. The van der Waals surface area contributed by atoms with Gasteiger partial charge in [0.1, 0.15) is 17.0 Å². The lowest BCUT2D eigenvalue weighted by Gasteiger charge is -2.35. The molecule has 1 aliphatic heterocycles. The van der Waals surface area contributed by atoms with Gasteiger partial charge in [-0.1, -0.05) is 19.3 Å². The predicted octanol–water partition coefficient (Wildman–Crippen LogP) is 2.93. The van der Waals surface area contributed by atoms with E-state index in [1.807, 2.05) is 5.38 Å². The number of nitrogens with zero attached hydrogens (tertiary/aromatic N) is 3. The Bertz CT molecular complexity index is 773. The molecule has 2 aliphatic rings. The maximum absolute atomic E-state index is 13.0. The van der Waals surface area contributed by atoms with Crippen LogP contribution in [-0.4, -0.2) is 41.6 Å². The number of hydrogen-bond donors (Lipinski definition) is 2. The average molecular weight is 388 g/mol. The number of nitrogens with one attached hydrogen (secondary N) is 1. The molecule has 0 aromatic carbocycles. The molecule has 1 saturated carbocycles. The van der Waals surface area contributed by atoms with Crippen molar-refractivity contribution in [3.63, 3.8) is 0 Å². The molecule has 27 heavy (non-hydrogen) atoms. The van der Waals surface area contributed by atoms with E-state index in [2.05, 4.69) is 26.3 Å². The second kappa shape index (κ2) is 8.52. The molecular weight excluding hydrogens is 358 g/mol. The van der Waals surface area contributed by atoms with E-state index in [4.69, 9.17) is 5.73 Å². The van der Waals surface area contributed by atoms with E-state index in [1.165, 1.54) is 32.1 Å². The van der Waals surface area contributed by atoms with Crippen molar-refractivity contribution in [2.75, 3.05) is 24.5 Å². The van der Waals surface area contributed by atoms with Crippen LogP contribution < -0.4 is 16.0 Å². The van der Waals surface area contributed by atoms with Gasteiger partial charge in [0.25, 0.3) is 0 Å². The molecule has 2 aromatic rings. The van der Waals surface area contributed by atoms with Crippen molar-refractivity contribution in [3.05, 3.63) is 17.8 Å². The Morgan fingerprint density at radius 1 is 1.26 bits per heavy atom. The summed E-state index contributed by atoms with van der Waals surface area (Å²) in [5.41, 5.74) is 6.01. The summed E-state index contributed by atoms with van der Waals surface area (Å²) in [6.07, 6.45) is 9.79. The molecule has 4 rings (SSSR count). The Labute approximate surface area is 164 Å². The smallest absolute Gasteiger partial charge is 0.225 e. The minimum Gasteiger partial charge on any atom is -0.355 e. The van der Waals surface area contributed by atoms with Crippen LogP contribution in [0.5, 0.6) is 0 Å². The minimum atomic E-state index is 0.0000385. The number of fused-ring (bicyclic) bond motifs is 1. The Balaban J connectivity index is 1.43. The van der Waals surface area contributed by atoms with Crippen LogP contribution in [0.3, 0.4) is 0 Å². The van der Waals surface area contributed by atoms with Gasteiger partial charge in [0.2, 0.25) is 5.91 Å². The van der Waals surface area contributed by atoms with Crippen LogP contribution in [0.4, 0.5) is 5.82 Å². The summed E-state index contributed by atoms with van der Waals surface area (Å²) < 4.78 is 0. The second-order valence-electron chi connectivity index (χ2n) is 7.87. The molecule has 7 heteroatoms. The number of amides is 1. The highest BCUT2D eigenvalue weighted by molar-refractivity contribution is 7.16. The van der Waals surface area contributed by atoms with Crippen molar-refractivity contribution in [1.82, 2.24) is 15.3 Å². The van der Waals surface area contributed by atoms with Crippen molar-refractivity contribution in [1.29, 1.82) is 0 Å². The molecule has 3 heterocycles. The van der Waals surface area contributed by atoms with Crippen LogP contribution in [-0.2, 0) is 4.79 Å². The Hall–Kier alpha value is -1.73. The molecule has 2 unspecified atom stereocenters. The molecule has 0 radical (unpaired) electrons. The Kier molecular flexibility index (Phi) is 5.88. The molecule has 1 amide bonds. The maximum Gasteiger partial charge on any atom is 0.225 e. The molecule has 6 nitrogen and oxygen atoms in total. The monoisotopic (exact) mass is 387 g/mol. The molecule has 1 saturated heterocycles. The van der Waals surface area contributed by atoms with E-state index in [9.17, 15) is 4.79 Å². The van der Waals surface area contributed by atoms with Gasteiger partial charge in [0.15, 0.2) is 0 Å². The predicted molar refractivity (Wildman–Crippen MR) is 110 cm³/mol. The van der Waals surface area contributed by atoms with Gasteiger partial charge >= 0.3 is 0 Å². The third kappa shape index (κ3) is 4.09. The summed E-state index contributed by atoms with van der Waals surface area (Å²) in [6.45, 7) is 2.19. The maximum atomic E-state index is 13.0. The van der Waals surface area contributed by atoms with E-state index in [0.29, 0.717) is 12.5 Å². The number of carbonyl (C=O) groups excluding carboxylic acids is 1. The number of thiophene rings is 1. The fraction of sp³-hybridized carbons (Fsp3) is 0.650. The first-order chi connectivity index (χ1) is 13.3. The molecular formula is C20H29N5OS. The van der Waals surface area contributed by atoms with E-state index in [-0.39, 0.29) is 17.9 Å². The molecule has 146 valence electrons. The summed E-state index contributed by atoms with van der Waals surface area (Å²) in [6, 6.07) is 2.20. The lowest BCUT2D eigenvalue weighted by molar-refractivity contribution is -0.126. The van der Waals surface area contributed by atoms with Gasteiger partial charge < -0.3 is 16.0 Å². The largest absolute Gasteiger partial charge is 0.355 e. The zero-order chi connectivity index (χ0) is 18.6. The fourth-order valence-corrected chi connectivity index (χ4v) is 5.35. The summed E-state index contributed by atoms with van der Waals surface area (Å²) in [5.74, 6) is 1.66. The SMILES string of the molecule is NCC(NC(=O)C1CCCN(c2ncnc3sccc23)C1)C1CCCCC1. The third-order valence-electron chi connectivity index (χ3n) is 6.13. The quantitative estimate of drug-likeness (QED) is 0.824. The van der Waals surface area contributed by atoms with Crippen molar-refractivity contribution in [3.8, 4) is 0 Å². The lowest BCUT2D eigenvalue weighted by Crippen LogP contribution is -2.51. The number of carbonyl (C=O) groups is 1. The second-order valence-corrected chi connectivity index (χ2v) is 8.77. The normalized spacial score (nSPS) is 22.7. The molecule has 2 atom stereocenters. The molecule has 3 N–H and O–H groups in total. The third-order valence-corrected chi connectivity index (χ3v) is 6.95. The van der Waals surface area contributed by atoms with Crippen molar-refractivity contribution < 1.29 is 4.79 Å². The summed E-state index contributed by atoms with van der Waals surface area (Å²) >= 11 is 1.63. The highest BCUT2D eigenvalue weighted by Crippen LogP contribution is 2.30. The van der Waals surface area contributed by atoms with Crippen LogP contribution in [0.15, 0.2) is 17.8 Å². The first kappa shape index (κ1) is 18.6. The van der Waals surface area contributed by atoms with Gasteiger partial charge in [-0.15, -0.1) is 11.3 Å². The Morgan fingerprint density at radius 3 is 2.93 bits per heavy atom. The summed E-state index contributed by atoms with van der Waals surface area (Å²) in [4.78, 5) is 25.1. The first-order valence-electron chi connectivity index (χ1n) is 10.2. The molecule has 1 aliphatic carbocycles. The van der Waals surface area contributed by atoms with Gasteiger partial charge in [-0.05, 0) is 43.0 Å². The van der Waals surface area contributed by atoms with Gasteiger partial charge in [0.05, 0.1) is 11.3 Å². The number of aromatic nitrogens is 2. The van der Waals surface area contributed by atoms with E-state index < -0.39 is 0 Å². The van der Waals surface area contributed by atoms with E-state index >= 15 is 0 Å².